The molecule has 5 heteroatoms. The van der Waals surface area contributed by atoms with Gasteiger partial charge in [0.25, 0.3) is 0 Å². The molecule has 0 N–H and O–H groups in total. The Morgan fingerprint density at radius 2 is 0.800 bits per heavy atom. The van der Waals surface area contributed by atoms with Crippen molar-refractivity contribution in [3.05, 3.63) is 0 Å². The van der Waals surface area contributed by atoms with E-state index in [1.165, 1.54) is 0 Å². The molecule has 0 saturated carbocycles. The van der Waals surface area contributed by atoms with Gasteiger partial charge in [-0.05, 0) is 0 Å². The zero-order chi connectivity index (χ0) is 0. The van der Waals surface area contributed by atoms with Crippen LogP contribution in [0.4, 0.5) is 0 Å². The molecule has 0 heterocycles. The molecule has 0 aromatic carbocycles. The van der Waals surface area contributed by atoms with Gasteiger partial charge in [0.2, 0.25) is 0 Å². The average molecular weight is 385 g/mol. The van der Waals surface area contributed by atoms with E-state index in [4.69, 9.17) is 0 Å². The molecule has 0 bridgehead atoms. The fraction of sp³-hybridized carbons (Fsp3) is 0. The Balaban J connectivity index is 0. The maximum absolute atomic E-state index is 0. The summed E-state index contributed by atoms with van der Waals surface area (Å²) in [5, 5.41) is 0. The maximum Gasteiger partial charge on any atom is 0 e. The van der Waals surface area contributed by atoms with E-state index in [9.17, 15) is 0 Å². The van der Waals surface area contributed by atoms with E-state index >= 15 is 0 Å². The van der Waals surface area contributed by atoms with E-state index < -0.39 is 0 Å². The van der Waals surface area contributed by atoms with Gasteiger partial charge in [-0.2, -0.15) is 13.5 Å². The first-order valence-electron chi connectivity index (χ1n) is 0. The van der Waals surface area contributed by atoms with E-state index in [1.54, 1.807) is 0 Å². The standard InChI is InChI=1S/Ag.Cd.H2S.2Zn/h;;1H2;;. The Morgan fingerprint density at radius 1 is 0.800 bits per heavy atom. The smallest absolute Gasteiger partial charge is 0 e. The molecule has 0 amide bonds. The van der Waals surface area contributed by atoms with Crippen LogP contribution in [0.15, 0.2) is 0 Å². The molecule has 0 aliphatic rings. The molecule has 0 fully saturated rings. The van der Waals surface area contributed by atoms with Crippen molar-refractivity contribution in [1.82, 2.24) is 0 Å². The van der Waals surface area contributed by atoms with Crippen LogP contribution in [0.2, 0.25) is 0 Å². The van der Waals surface area contributed by atoms with Crippen molar-refractivity contribution in [2.75, 3.05) is 0 Å². The molecule has 0 saturated heterocycles. The van der Waals surface area contributed by atoms with Gasteiger partial charge in [0.1, 0.15) is 0 Å². The van der Waals surface area contributed by atoms with Crippen molar-refractivity contribution < 1.29 is 88.6 Å². The molecule has 0 aromatic rings. The third-order valence-electron chi connectivity index (χ3n) is 0. The first-order valence-corrected chi connectivity index (χ1v) is 0. The Bertz CT molecular complexity index is 9.61. The van der Waals surface area contributed by atoms with Gasteiger partial charge in [0.05, 0.1) is 0 Å². The SMILES string of the molecule is S.[Ag].[Cd].[Zn].[Zn]. The van der Waals surface area contributed by atoms with Gasteiger partial charge < -0.3 is 0 Å². The van der Waals surface area contributed by atoms with Gasteiger partial charge >= 0.3 is 0 Å². The summed E-state index contributed by atoms with van der Waals surface area (Å²) in [6.07, 6.45) is 0. The predicted octanol–water partition coefficient (Wildman–Crippen LogP) is 0.103. The fourth-order valence-electron chi connectivity index (χ4n) is 0. The quantitative estimate of drug-likeness (QED) is 0.520. The van der Waals surface area contributed by atoms with Crippen LogP contribution in [0.1, 0.15) is 0 Å². The Hall–Kier alpha value is 3.26. The third-order valence-corrected chi connectivity index (χ3v) is 0. The first-order chi connectivity index (χ1) is 0. The Labute approximate surface area is 100 Å². The van der Waals surface area contributed by atoms with Crippen molar-refractivity contribution in [2.24, 2.45) is 0 Å². The minimum absolute atomic E-state index is 0. The summed E-state index contributed by atoms with van der Waals surface area (Å²) in [6, 6.07) is 0. The van der Waals surface area contributed by atoms with E-state index in [1.807, 2.05) is 0 Å². The zero-order valence-corrected chi connectivity index (χ0v) is 15.4. The van der Waals surface area contributed by atoms with Gasteiger partial charge in [-0.1, -0.05) is 0 Å². The topological polar surface area (TPSA) is 0 Å². The van der Waals surface area contributed by atoms with Crippen LogP contribution in [0.5, 0.6) is 0 Å². The molecule has 1 radical (unpaired) electrons. The van der Waals surface area contributed by atoms with E-state index in [-0.39, 0.29) is 102 Å². The van der Waals surface area contributed by atoms with Gasteiger partial charge in [0.15, 0.2) is 0 Å². The van der Waals surface area contributed by atoms with Gasteiger partial charge in [0, 0.05) is 88.6 Å². The minimum Gasteiger partial charge on any atom is -0.197 e. The monoisotopic (exact) mass is 383 g/mol. The summed E-state index contributed by atoms with van der Waals surface area (Å²) in [7, 11) is 0. The molecular weight excluding hydrogens is 383 g/mol. The van der Waals surface area contributed by atoms with Crippen LogP contribution in [0.3, 0.4) is 0 Å². The summed E-state index contributed by atoms with van der Waals surface area (Å²) in [4.78, 5) is 0. The molecule has 0 aliphatic heterocycles. The van der Waals surface area contributed by atoms with Crippen molar-refractivity contribution >= 4 is 13.5 Å². The molecule has 0 spiro atoms. The van der Waals surface area contributed by atoms with E-state index in [0.29, 0.717) is 0 Å². The predicted molar refractivity (Wildman–Crippen MR) is 10.4 cm³/mol. The molecule has 0 atom stereocenters. The van der Waals surface area contributed by atoms with Crippen LogP contribution < -0.4 is 0 Å². The van der Waals surface area contributed by atoms with Crippen molar-refractivity contribution in [3.8, 4) is 0 Å². The molecule has 0 unspecified atom stereocenters. The summed E-state index contributed by atoms with van der Waals surface area (Å²) in [5.74, 6) is 0. The zero-order valence-electron chi connectivity index (χ0n) is 2.92. The summed E-state index contributed by atoms with van der Waals surface area (Å²) in [5.41, 5.74) is 0. The summed E-state index contributed by atoms with van der Waals surface area (Å²) >= 11 is 0. The van der Waals surface area contributed by atoms with Crippen LogP contribution in [0.25, 0.3) is 0 Å². The molecule has 25 valence electrons. The second-order valence-corrected chi connectivity index (χ2v) is 0. The summed E-state index contributed by atoms with van der Waals surface area (Å²) in [6.45, 7) is 0. The van der Waals surface area contributed by atoms with Crippen LogP contribution >= 0.6 is 13.5 Å². The molecule has 0 aromatic heterocycles. The third kappa shape index (κ3) is 18.9. The molecular formula is H2AgCdSZn2. The number of hydrogen-bond donors (Lipinski definition) is 0. The van der Waals surface area contributed by atoms with Gasteiger partial charge in [-0.25, -0.2) is 0 Å². The number of rotatable bonds is 0. The Morgan fingerprint density at radius 3 is 0.800 bits per heavy atom. The second-order valence-electron chi connectivity index (χ2n) is 0. The van der Waals surface area contributed by atoms with Crippen molar-refractivity contribution in [3.63, 3.8) is 0 Å². The van der Waals surface area contributed by atoms with Crippen LogP contribution in [0, 0.1) is 0 Å². The molecule has 0 aliphatic carbocycles. The van der Waals surface area contributed by atoms with Crippen LogP contribution in [-0.2, 0) is 88.6 Å². The normalized spacial score (nSPS) is 0. The minimum atomic E-state index is 0. The molecule has 0 nitrogen and oxygen atoms in total. The van der Waals surface area contributed by atoms with Gasteiger partial charge in [-0.3, -0.25) is 0 Å². The molecule has 0 rings (SSSR count). The first kappa shape index (κ1) is 41.0. The molecule has 5 heavy (non-hydrogen) atoms. The van der Waals surface area contributed by atoms with E-state index in [0.717, 1.165) is 0 Å². The van der Waals surface area contributed by atoms with Gasteiger partial charge in [-0.15, -0.1) is 0 Å². The van der Waals surface area contributed by atoms with Crippen LogP contribution in [-0.4, -0.2) is 0 Å². The largest absolute Gasteiger partial charge is 0.197 e. The number of hydrogen-bond acceptors (Lipinski definition) is 0. The van der Waals surface area contributed by atoms with E-state index in [2.05, 4.69) is 0 Å². The van der Waals surface area contributed by atoms with Crippen molar-refractivity contribution in [2.45, 2.75) is 0 Å². The second kappa shape index (κ2) is 26.8. The Kier molecular flexibility index (Phi) is 219. The fourth-order valence-corrected chi connectivity index (χ4v) is 0. The average Bonchev–Trinajstić information content (AvgIpc) is 0. The maximum atomic E-state index is 0. The van der Waals surface area contributed by atoms with Crippen molar-refractivity contribution in [1.29, 1.82) is 0 Å². The summed E-state index contributed by atoms with van der Waals surface area (Å²) < 4.78 is 0.